The lowest BCUT2D eigenvalue weighted by atomic mass is 9.92. The number of halogens is 1. The van der Waals surface area contributed by atoms with E-state index in [0.717, 1.165) is 36.2 Å². The van der Waals surface area contributed by atoms with Gasteiger partial charge in [-0.25, -0.2) is 0 Å². The summed E-state index contributed by atoms with van der Waals surface area (Å²) in [5.41, 5.74) is 4.70. The molecule has 0 aliphatic carbocycles. The van der Waals surface area contributed by atoms with Crippen molar-refractivity contribution in [2.75, 3.05) is 6.54 Å². The van der Waals surface area contributed by atoms with Gasteiger partial charge < -0.3 is 9.88 Å². The highest BCUT2D eigenvalue weighted by Crippen LogP contribution is 2.38. The van der Waals surface area contributed by atoms with Gasteiger partial charge in [-0.2, -0.15) is 0 Å². The maximum absolute atomic E-state index is 12.8. The molecular weight excluding hydrogens is 332 g/mol. The molecule has 4 rings (SSSR count). The molecule has 0 bridgehead atoms. The van der Waals surface area contributed by atoms with E-state index < -0.39 is 0 Å². The molecule has 1 N–H and O–H groups in total. The van der Waals surface area contributed by atoms with Crippen LogP contribution in [0.2, 0.25) is 5.02 Å². The first-order valence-electron chi connectivity index (χ1n) is 8.83. The monoisotopic (exact) mass is 352 g/mol. The molecule has 4 heteroatoms. The Hall–Kier alpha value is -2.26. The molecule has 3 nitrogen and oxygen atoms in total. The van der Waals surface area contributed by atoms with E-state index in [1.165, 1.54) is 10.9 Å². The summed E-state index contributed by atoms with van der Waals surface area (Å²) >= 11 is 6.08. The number of aromatic nitrogens is 1. The summed E-state index contributed by atoms with van der Waals surface area (Å²) < 4.78 is 0. The first-order valence-corrected chi connectivity index (χ1v) is 9.21. The summed E-state index contributed by atoms with van der Waals surface area (Å²) in [6.07, 6.45) is 2.33. The van der Waals surface area contributed by atoms with Gasteiger partial charge in [-0.1, -0.05) is 48.9 Å². The second-order valence-electron chi connectivity index (χ2n) is 6.60. The molecule has 0 unspecified atom stereocenters. The third kappa shape index (κ3) is 2.83. The molecule has 0 fully saturated rings. The van der Waals surface area contributed by atoms with E-state index in [0.29, 0.717) is 11.4 Å². The number of hydrogen-bond donors (Lipinski definition) is 1. The van der Waals surface area contributed by atoms with Crippen LogP contribution < -0.4 is 0 Å². The molecule has 128 valence electrons. The van der Waals surface area contributed by atoms with Crippen LogP contribution >= 0.6 is 11.6 Å². The van der Waals surface area contributed by atoms with E-state index in [2.05, 4.69) is 23.2 Å². The summed E-state index contributed by atoms with van der Waals surface area (Å²) in [7, 11) is 0. The Balaban J connectivity index is 1.87. The zero-order valence-corrected chi connectivity index (χ0v) is 15.0. The van der Waals surface area contributed by atoms with Gasteiger partial charge in [0.15, 0.2) is 0 Å². The van der Waals surface area contributed by atoms with Crippen LogP contribution in [0.3, 0.4) is 0 Å². The van der Waals surface area contributed by atoms with Crippen LogP contribution in [0.4, 0.5) is 0 Å². The zero-order chi connectivity index (χ0) is 17.4. The average molecular weight is 353 g/mol. The van der Waals surface area contributed by atoms with Crippen molar-refractivity contribution in [2.24, 2.45) is 0 Å². The molecule has 0 saturated carbocycles. The maximum atomic E-state index is 12.8. The van der Waals surface area contributed by atoms with Crippen LogP contribution in [0, 0.1) is 0 Å². The van der Waals surface area contributed by atoms with E-state index in [4.69, 9.17) is 11.6 Å². The molecule has 25 heavy (non-hydrogen) atoms. The summed E-state index contributed by atoms with van der Waals surface area (Å²) in [4.78, 5) is 18.4. The van der Waals surface area contributed by atoms with Crippen molar-refractivity contribution in [3.63, 3.8) is 0 Å². The van der Waals surface area contributed by atoms with Gasteiger partial charge in [0.25, 0.3) is 0 Å². The van der Waals surface area contributed by atoms with Gasteiger partial charge in [0.2, 0.25) is 5.91 Å². The fourth-order valence-corrected chi connectivity index (χ4v) is 3.98. The number of benzene rings is 2. The Morgan fingerprint density at radius 2 is 1.96 bits per heavy atom. The zero-order valence-electron chi connectivity index (χ0n) is 14.3. The third-order valence-electron chi connectivity index (χ3n) is 5.00. The first-order chi connectivity index (χ1) is 12.2. The van der Waals surface area contributed by atoms with Crippen molar-refractivity contribution in [1.29, 1.82) is 0 Å². The van der Waals surface area contributed by atoms with Gasteiger partial charge >= 0.3 is 0 Å². The van der Waals surface area contributed by atoms with Crippen LogP contribution in [-0.4, -0.2) is 22.3 Å². The summed E-state index contributed by atoms with van der Waals surface area (Å²) in [6, 6.07) is 16.2. The molecule has 1 amide bonds. The van der Waals surface area contributed by atoms with E-state index >= 15 is 0 Å². The third-order valence-corrected chi connectivity index (χ3v) is 5.26. The van der Waals surface area contributed by atoms with Crippen LogP contribution in [0.5, 0.6) is 0 Å². The van der Waals surface area contributed by atoms with Gasteiger partial charge in [0.05, 0.1) is 6.04 Å². The number of rotatable bonds is 3. The van der Waals surface area contributed by atoms with Crippen LogP contribution in [-0.2, 0) is 11.2 Å². The number of nitrogens with one attached hydrogen (secondary N) is 1. The topological polar surface area (TPSA) is 36.1 Å². The lowest BCUT2D eigenvalue weighted by Gasteiger charge is -2.36. The summed E-state index contributed by atoms with van der Waals surface area (Å²) in [6.45, 7) is 2.80. The fraction of sp³-hybridized carbons (Fsp3) is 0.286. The number of hydrogen-bond acceptors (Lipinski definition) is 1. The van der Waals surface area contributed by atoms with E-state index in [-0.39, 0.29) is 11.9 Å². The molecule has 0 saturated heterocycles. The number of para-hydroxylation sites is 1. The van der Waals surface area contributed by atoms with E-state index in [1.54, 1.807) is 0 Å². The molecule has 2 heterocycles. The van der Waals surface area contributed by atoms with Crippen molar-refractivity contribution in [1.82, 2.24) is 9.88 Å². The molecule has 1 atom stereocenters. The van der Waals surface area contributed by atoms with Crippen molar-refractivity contribution in [3.05, 3.63) is 70.4 Å². The second kappa shape index (κ2) is 6.57. The second-order valence-corrected chi connectivity index (χ2v) is 7.04. The molecule has 1 aromatic heterocycles. The Morgan fingerprint density at radius 1 is 1.20 bits per heavy atom. The van der Waals surface area contributed by atoms with Crippen molar-refractivity contribution in [3.8, 4) is 0 Å². The van der Waals surface area contributed by atoms with Crippen molar-refractivity contribution in [2.45, 2.75) is 32.2 Å². The highest BCUT2D eigenvalue weighted by atomic mass is 35.5. The Bertz CT molecular complexity index is 913. The maximum Gasteiger partial charge on any atom is 0.223 e. The molecule has 0 radical (unpaired) electrons. The molecule has 1 aliphatic rings. The summed E-state index contributed by atoms with van der Waals surface area (Å²) in [5, 5.41) is 1.97. The molecule has 2 aromatic carbocycles. The number of carbonyl (C=O) groups excluding carboxylic acids is 1. The number of nitrogens with zero attached hydrogens (tertiary/aromatic N) is 1. The minimum atomic E-state index is -0.0764. The Labute approximate surface area is 152 Å². The molecular formula is C21H21ClN2O. The highest BCUT2D eigenvalue weighted by molar-refractivity contribution is 6.30. The molecule has 3 aromatic rings. The van der Waals surface area contributed by atoms with Crippen LogP contribution in [0.1, 0.15) is 42.6 Å². The predicted molar refractivity (Wildman–Crippen MR) is 102 cm³/mol. The lowest BCUT2D eigenvalue weighted by molar-refractivity contribution is -0.133. The van der Waals surface area contributed by atoms with Gasteiger partial charge in [-0.3, -0.25) is 4.79 Å². The van der Waals surface area contributed by atoms with Crippen LogP contribution in [0.25, 0.3) is 10.9 Å². The van der Waals surface area contributed by atoms with Gasteiger partial charge in [-0.15, -0.1) is 0 Å². The average Bonchev–Trinajstić information content (AvgIpc) is 3.00. The number of aromatic amines is 1. The normalized spacial score (nSPS) is 16.9. The first kappa shape index (κ1) is 16.2. The quantitative estimate of drug-likeness (QED) is 0.699. The minimum Gasteiger partial charge on any atom is -0.356 e. The highest BCUT2D eigenvalue weighted by Gasteiger charge is 2.33. The summed E-state index contributed by atoms with van der Waals surface area (Å²) in [5.74, 6) is 0.215. The van der Waals surface area contributed by atoms with Gasteiger partial charge in [0, 0.05) is 34.6 Å². The Morgan fingerprint density at radius 3 is 2.72 bits per heavy atom. The van der Waals surface area contributed by atoms with Gasteiger partial charge in [-0.05, 0) is 42.2 Å². The number of H-pyrrole nitrogens is 1. The predicted octanol–water partition coefficient (Wildman–Crippen LogP) is 5.10. The fourth-order valence-electron chi connectivity index (χ4n) is 3.86. The van der Waals surface area contributed by atoms with Crippen molar-refractivity contribution >= 4 is 28.4 Å². The van der Waals surface area contributed by atoms with Gasteiger partial charge in [0.1, 0.15) is 0 Å². The minimum absolute atomic E-state index is 0.0764. The molecule has 1 aliphatic heterocycles. The molecule has 0 spiro atoms. The van der Waals surface area contributed by atoms with E-state index in [1.807, 2.05) is 42.2 Å². The number of amides is 1. The van der Waals surface area contributed by atoms with Crippen molar-refractivity contribution < 1.29 is 4.79 Å². The number of fused-ring (bicyclic) bond motifs is 3. The lowest BCUT2D eigenvalue weighted by Crippen LogP contribution is -2.40. The smallest absolute Gasteiger partial charge is 0.223 e. The largest absolute Gasteiger partial charge is 0.356 e. The van der Waals surface area contributed by atoms with Crippen LogP contribution in [0.15, 0.2) is 48.5 Å². The SMILES string of the molecule is CCCC(=O)N1CCc2c([nH]c3ccccc23)[C@@H]1c1ccc(Cl)cc1. The van der Waals surface area contributed by atoms with E-state index in [9.17, 15) is 4.79 Å². The number of carbonyl (C=O) groups is 1. The Kier molecular flexibility index (Phi) is 4.26. The standard InChI is InChI=1S/C21H21ClN2O/c1-2-5-19(25)24-13-12-17-16-6-3-4-7-18(16)23-20(17)21(24)14-8-10-15(22)11-9-14/h3-4,6-11,21,23H,2,5,12-13H2,1H3/t21-/m0/s1.